The number of nitrogens with zero attached hydrogens (tertiary/aromatic N) is 1. The molecule has 0 unspecified atom stereocenters. The molecule has 11 heavy (non-hydrogen) atoms. The largest absolute Gasteiger partial charge is 0.369 e. The number of hydrogen-bond donors (Lipinski definition) is 1. The van der Waals surface area contributed by atoms with Crippen LogP contribution in [0.2, 0.25) is 0 Å². The van der Waals surface area contributed by atoms with Crippen LogP contribution in [0.1, 0.15) is 6.92 Å². The van der Waals surface area contributed by atoms with Crippen molar-refractivity contribution in [2.75, 3.05) is 11.9 Å². The highest BCUT2D eigenvalue weighted by atomic mass is 127. The standard InChI is InChI=1S/C7H8BrIN2/c1-2-10-7-6(9)3-5(8)4-11-7/h3-4H,2H2,1H3,(H,10,11). The molecule has 0 saturated heterocycles. The number of anilines is 1. The fourth-order valence-electron chi connectivity index (χ4n) is 0.712. The maximum absolute atomic E-state index is 4.20. The number of hydrogen-bond acceptors (Lipinski definition) is 2. The number of aromatic nitrogens is 1. The molecular weight excluding hydrogens is 319 g/mol. The number of rotatable bonds is 2. The second-order valence-corrected chi connectivity index (χ2v) is 4.09. The summed E-state index contributed by atoms with van der Waals surface area (Å²) in [4.78, 5) is 4.20. The zero-order valence-electron chi connectivity index (χ0n) is 6.06. The highest BCUT2D eigenvalue weighted by molar-refractivity contribution is 14.1. The zero-order chi connectivity index (χ0) is 8.27. The van der Waals surface area contributed by atoms with Crippen molar-refractivity contribution in [2.45, 2.75) is 6.92 Å². The van der Waals surface area contributed by atoms with Crippen LogP contribution in [0.4, 0.5) is 5.82 Å². The average molecular weight is 327 g/mol. The van der Waals surface area contributed by atoms with E-state index in [9.17, 15) is 0 Å². The second kappa shape index (κ2) is 4.25. The van der Waals surface area contributed by atoms with Crippen LogP contribution in [0.15, 0.2) is 16.7 Å². The maximum Gasteiger partial charge on any atom is 0.139 e. The Labute approximate surface area is 88.1 Å². The molecule has 0 aromatic carbocycles. The highest BCUT2D eigenvalue weighted by Crippen LogP contribution is 2.19. The third-order valence-electron chi connectivity index (χ3n) is 1.15. The summed E-state index contributed by atoms with van der Waals surface area (Å²) in [5.74, 6) is 0.955. The minimum atomic E-state index is 0.907. The molecule has 0 aliphatic heterocycles. The minimum absolute atomic E-state index is 0.907. The lowest BCUT2D eigenvalue weighted by Crippen LogP contribution is -2.00. The molecule has 1 aromatic heterocycles. The first-order chi connectivity index (χ1) is 5.24. The molecule has 1 rings (SSSR count). The van der Waals surface area contributed by atoms with Gasteiger partial charge in [0.05, 0.1) is 3.57 Å². The van der Waals surface area contributed by atoms with Gasteiger partial charge in [-0.05, 0) is 51.5 Å². The van der Waals surface area contributed by atoms with Crippen molar-refractivity contribution in [3.05, 3.63) is 20.3 Å². The lowest BCUT2D eigenvalue weighted by molar-refractivity contribution is 1.15. The summed E-state index contributed by atoms with van der Waals surface area (Å²) in [6.45, 7) is 2.96. The van der Waals surface area contributed by atoms with Gasteiger partial charge in [-0.1, -0.05) is 0 Å². The maximum atomic E-state index is 4.20. The van der Waals surface area contributed by atoms with Crippen molar-refractivity contribution in [3.8, 4) is 0 Å². The Kier molecular flexibility index (Phi) is 3.58. The molecular formula is C7H8BrIN2. The predicted octanol–water partition coefficient (Wildman–Crippen LogP) is 2.88. The Hall–Kier alpha value is 0.160. The molecule has 1 N–H and O–H groups in total. The van der Waals surface area contributed by atoms with E-state index in [0.29, 0.717) is 0 Å². The molecule has 0 fully saturated rings. The summed E-state index contributed by atoms with van der Waals surface area (Å²) >= 11 is 5.61. The van der Waals surface area contributed by atoms with Gasteiger partial charge >= 0.3 is 0 Å². The molecule has 0 radical (unpaired) electrons. The molecule has 60 valence electrons. The van der Waals surface area contributed by atoms with E-state index >= 15 is 0 Å². The smallest absolute Gasteiger partial charge is 0.139 e. The number of pyridine rings is 1. The van der Waals surface area contributed by atoms with E-state index in [-0.39, 0.29) is 0 Å². The summed E-state index contributed by atoms with van der Waals surface area (Å²) in [5.41, 5.74) is 0. The monoisotopic (exact) mass is 326 g/mol. The molecule has 2 nitrogen and oxygen atoms in total. The highest BCUT2D eigenvalue weighted by Gasteiger charge is 1.98. The summed E-state index contributed by atoms with van der Waals surface area (Å²) < 4.78 is 2.15. The molecule has 0 spiro atoms. The van der Waals surface area contributed by atoms with Gasteiger partial charge in [0.2, 0.25) is 0 Å². The van der Waals surface area contributed by atoms with Gasteiger partial charge in [0, 0.05) is 17.2 Å². The summed E-state index contributed by atoms with van der Waals surface area (Å²) in [6.07, 6.45) is 1.79. The topological polar surface area (TPSA) is 24.9 Å². The molecule has 1 heterocycles. The van der Waals surface area contributed by atoms with E-state index in [4.69, 9.17) is 0 Å². The Morgan fingerprint density at radius 2 is 2.45 bits per heavy atom. The molecule has 1 aromatic rings. The third-order valence-corrected chi connectivity index (χ3v) is 2.41. The van der Waals surface area contributed by atoms with Crippen LogP contribution >= 0.6 is 38.5 Å². The van der Waals surface area contributed by atoms with Gasteiger partial charge in [-0.15, -0.1) is 0 Å². The van der Waals surface area contributed by atoms with Gasteiger partial charge in [-0.25, -0.2) is 4.98 Å². The molecule has 0 amide bonds. The van der Waals surface area contributed by atoms with Crippen LogP contribution in [0.25, 0.3) is 0 Å². The van der Waals surface area contributed by atoms with Crippen molar-refractivity contribution >= 4 is 44.3 Å². The first-order valence-electron chi connectivity index (χ1n) is 3.29. The zero-order valence-corrected chi connectivity index (χ0v) is 9.81. The molecule has 0 aliphatic rings. The summed E-state index contributed by atoms with van der Waals surface area (Å²) in [7, 11) is 0. The third kappa shape index (κ3) is 2.59. The lowest BCUT2D eigenvalue weighted by Gasteiger charge is -2.03. The van der Waals surface area contributed by atoms with Crippen LogP contribution < -0.4 is 5.32 Å². The quantitative estimate of drug-likeness (QED) is 0.845. The van der Waals surface area contributed by atoms with E-state index in [0.717, 1.165) is 20.4 Å². The predicted molar refractivity (Wildman–Crippen MR) is 58.8 cm³/mol. The van der Waals surface area contributed by atoms with Gasteiger partial charge in [-0.3, -0.25) is 0 Å². The fourth-order valence-corrected chi connectivity index (χ4v) is 2.14. The second-order valence-electron chi connectivity index (χ2n) is 2.01. The Bertz CT molecular complexity index is 252. The summed E-state index contributed by atoms with van der Waals surface area (Å²) in [5, 5.41) is 3.16. The van der Waals surface area contributed by atoms with Crippen LogP contribution in [-0.2, 0) is 0 Å². The van der Waals surface area contributed by atoms with Crippen molar-refractivity contribution in [2.24, 2.45) is 0 Å². The first kappa shape index (κ1) is 9.25. The van der Waals surface area contributed by atoms with E-state index in [1.165, 1.54) is 0 Å². The molecule has 0 atom stereocenters. The lowest BCUT2D eigenvalue weighted by atomic mass is 10.4. The fraction of sp³-hybridized carbons (Fsp3) is 0.286. The van der Waals surface area contributed by atoms with Crippen LogP contribution in [0, 0.1) is 3.57 Å². The number of nitrogens with one attached hydrogen (secondary N) is 1. The van der Waals surface area contributed by atoms with Crippen LogP contribution in [0.3, 0.4) is 0 Å². The van der Waals surface area contributed by atoms with Crippen molar-refractivity contribution in [1.82, 2.24) is 4.98 Å². The van der Waals surface area contributed by atoms with Gasteiger partial charge < -0.3 is 5.32 Å². The van der Waals surface area contributed by atoms with Crippen molar-refractivity contribution in [1.29, 1.82) is 0 Å². The normalized spacial score (nSPS) is 9.73. The Morgan fingerprint density at radius 1 is 1.73 bits per heavy atom. The van der Waals surface area contributed by atoms with Gasteiger partial charge in [-0.2, -0.15) is 0 Å². The van der Waals surface area contributed by atoms with Crippen molar-refractivity contribution in [3.63, 3.8) is 0 Å². The summed E-state index contributed by atoms with van der Waals surface area (Å²) in [6, 6.07) is 2.03. The van der Waals surface area contributed by atoms with E-state index < -0.39 is 0 Å². The average Bonchev–Trinajstić information content (AvgIpc) is 1.95. The molecule has 0 bridgehead atoms. The molecule has 0 aliphatic carbocycles. The Morgan fingerprint density at radius 3 is 3.00 bits per heavy atom. The first-order valence-corrected chi connectivity index (χ1v) is 5.16. The molecule has 0 saturated carbocycles. The molecule has 4 heteroatoms. The Balaban J connectivity index is 2.90. The number of halogens is 2. The van der Waals surface area contributed by atoms with Crippen LogP contribution in [0.5, 0.6) is 0 Å². The minimum Gasteiger partial charge on any atom is -0.369 e. The van der Waals surface area contributed by atoms with Gasteiger partial charge in [0.15, 0.2) is 0 Å². The van der Waals surface area contributed by atoms with E-state index in [1.54, 1.807) is 6.20 Å². The van der Waals surface area contributed by atoms with Gasteiger partial charge in [0.1, 0.15) is 5.82 Å². The van der Waals surface area contributed by atoms with Crippen molar-refractivity contribution < 1.29 is 0 Å². The van der Waals surface area contributed by atoms with E-state index in [2.05, 4.69) is 55.7 Å². The SMILES string of the molecule is CCNc1ncc(Br)cc1I. The van der Waals surface area contributed by atoms with Crippen LogP contribution in [-0.4, -0.2) is 11.5 Å². The van der Waals surface area contributed by atoms with Gasteiger partial charge in [0.25, 0.3) is 0 Å². The van der Waals surface area contributed by atoms with E-state index in [1.807, 2.05) is 6.07 Å².